The van der Waals surface area contributed by atoms with Crippen LogP contribution in [0.4, 0.5) is 11.4 Å². The van der Waals surface area contributed by atoms with E-state index >= 15 is 0 Å². The zero-order valence-electron chi connectivity index (χ0n) is 12.0. The fourth-order valence-electron chi connectivity index (χ4n) is 2.30. The lowest BCUT2D eigenvalue weighted by atomic mass is 10.0. The van der Waals surface area contributed by atoms with Crippen LogP contribution >= 0.6 is 0 Å². The monoisotopic (exact) mass is 274 g/mol. The zero-order chi connectivity index (χ0) is 14.2. The van der Waals surface area contributed by atoms with E-state index in [2.05, 4.69) is 28.1 Å². The molecule has 2 heterocycles. The highest BCUT2D eigenvalue weighted by atomic mass is 16.5. The van der Waals surface area contributed by atoms with Crippen LogP contribution in [-0.4, -0.2) is 38.8 Å². The van der Waals surface area contributed by atoms with Gasteiger partial charge in [-0.1, -0.05) is 6.92 Å². The van der Waals surface area contributed by atoms with Gasteiger partial charge in [-0.05, 0) is 36.6 Å². The molecular weight excluding hydrogens is 252 g/mol. The summed E-state index contributed by atoms with van der Waals surface area (Å²) >= 11 is 0. The number of carbonyl (C=O) groups excluding carboxylic acids is 1. The zero-order valence-corrected chi connectivity index (χ0v) is 12.0. The van der Waals surface area contributed by atoms with Crippen LogP contribution in [0.2, 0.25) is 0 Å². The van der Waals surface area contributed by atoms with E-state index in [0.29, 0.717) is 6.42 Å². The number of carbonyl (C=O) groups is 1. The Labute approximate surface area is 120 Å². The summed E-state index contributed by atoms with van der Waals surface area (Å²) in [6, 6.07) is 6.60. The van der Waals surface area contributed by atoms with Crippen molar-refractivity contribution in [2.45, 2.75) is 26.2 Å². The molecule has 0 spiro atoms. The van der Waals surface area contributed by atoms with Gasteiger partial charge in [0.2, 0.25) is 0 Å². The number of aliphatic imine (C=N–C) groups is 1. The lowest BCUT2D eigenvalue weighted by Gasteiger charge is -2.29. The molecule has 0 aromatic heterocycles. The van der Waals surface area contributed by atoms with E-state index in [1.165, 1.54) is 11.3 Å². The Hall–Kier alpha value is -1.68. The van der Waals surface area contributed by atoms with E-state index in [1.54, 1.807) is 0 Å². The number of hydrogen-bond donors (Lipinski definition) is 0. The molecule has 0 N–H and O–H groups in total. The number of morpholine rings is 1. The fourth-order valence-corrected chi connectivity index (χ4v) is 2.30. The van der Waals surface area contributed by atoms with Crippen molar-refractivity contribution in [1.82, 2.24) is 0 Å². The van der Waals surface area contributed by atoms with Crippen molar-refractivity contribution in [1.29, 1.82) is 0 Å². The van der Waals surface area contributed by atoms with Gasteiger partial charge in [0.05, 0.1) is 18.9 Å². The summed E-state index contributed by atoms with van der Waals surface area (Å²) in [7, 11) is 0. The first kappa shape index (κ1) is 14.7. The van der Waals surface area contributed by atoms with Gasteiger partial charge in [0.1, 0.15) is 6.29 Å². The first-order valence-electron chi connectivity index (χ1n) is 7.27. The highest BCUT2D eigenvalue weighted by Gasteiger charge is 2.13. The Bertz CT molecular complexity index is 466. The highest BCUT2D eigenvalue weighted by Crippen LogP contribution is 2.28. The Kier molecular flexibility index (Phi) is 5.74. The molecule has 1 aromatic carbocycles. The largest absolute Gasteiger partial charge is 0.378 e. The van der Waals surface area contributed by atoms with Crippen molar-refractivity contribution < 1.29 is 9.53 Å². The molecule has 0 radical (unpaired) electrons. The second-order valence-electron chi connectivity index (χ2n) is 4.84. The van der Waals surface area contributed by atoms with Crippen LogP contribution in [0.25, 0.3) is 0 Å². The number of benzene rings is 1. The summed E-state index contributed by atoms with van der Waals surface area (Å²) in [5.74, 6) is 0. The fraction of sp³-hybridized carbons (Fsp3) is 0.500. The first-order chi connectivity index (χ1) is 9.85. The number of rotatable bonds is 2. The molecule has 2 aliphatic rings. The van der Waals surface area contributed by atoms with E-state index in [0.717, 1.165) is 51.1 Å². The molecule has 1 saturated heterocycles. The van der Waals surface area contributed by atoms with Gasteiger partial charge < -0.3 is 14.4 Å². The third kappa shape index (κ3) is 3.90. The topological polar surface area (TPSA) is 41.9 Å². The third-order valence-electron chi connectivity index (χ3n) is 3.38. The molecule has 108 valence electrons. The van der Waals surface area contributed by atoms with Gasteiger partial charge in [-0.25, -0.2) is 0 Å². The quantitative estimate of drug-likeness (QED) is 0.779. The second kappa shape index (κ2) is 7.80. The van der Waals surface area contributed by atoms with Gasteiger partial charge in [-0.15, -0.1) is 0 Å². The van der Waals surface area contributed by atoms with Gasteiger partial charge in [-0.3, -0.25) is 4.99 Å². The molecule has 1 fully saturated rings. The number of ether oxygens (including phenoxy) is 1. The number of hydrogen-bond acceptors (Lipinski definition) is 4. The first-order valence-corrected chi connectivity index (χ1v) is 7.27. The van der Waals surface area contributed by atoms with Crippen molar-refractivity contribution in [3.8, 4) is 0 Å². The van der Waals surface area contributed by atoms with Crippen LogP contribution in [0, 0.1) is 0 Å². The summed E-state index contributed by atoms with van der Waals surface area (Å²) < 4.78 is 5.37. The Morgan fingerprint density at radius 2 is 2.10 bits per heavy atom. The Morgan fingerprint density at radius 1 is 1.35 bits per heavy atom. The van der Waals surface area contributed by atoms with Crippen molar-refractivity contribution in [3.63, 3.8) is 0 Å². The highest BCUT2D eigenvalue weighted by molar-refractivity contribution is 5.70. The summed E-state index contributed by atoms with van der Waals surface area (Å²) in [6.45, 7) is 5.50. The average molecular weight is 274 g/mol. The van der Waals surface area contributed by atoms with Crippen LogP contribution < -0.4 is 4.90 Å². The molecule has 3 rings (SSSR count). The minimum atomic E-state index is 0.639. The third-order valence-corrected chi connectivity index (χ3v) is 3.38. The van der Waals surface area contributed by atoms with Gasteiger partial charge in [-0.2, -0.15) is 0 Å². The van der Waals surface area contributed by atoms with E-state index in [4.69, 9.17) is 4.74 Å². The van der Waals surface area contributed by atoms with Crippen LogP contribution in [0.5, 0.6) is 0 Å². The molecule has 2 aliphatic heterocycles. The Morgan fingerprint density at radius 3 is 2.80 bits per heavy atom. The summed E-state index contributed by atoms with van der Waals surface area (Å²) in [6.07, 6.45) is 5.72. The van der Waals surface area contributed by atoms with Crippen LogP contribution in [0.3, 0.4) is 0 Å². The molecule has 0 amide bonds. The standard InChI is InChI=1S/C13H16N2O.C3H6O/c1-2-11-10-12(3-4-13(11)14-5-1)15-6-8-16-9-7-15;1-2-3-4/h3-5,10H,1-2,6-9H2;3H,2H2,1H3. The molecule has 1 aromatic rings. The maximum absolute atomic E-state index is 9.17. The average Bonchev–Trinajstić information content (AvgIpc) is 2.55. The Balaban J connectivity index is 0.000000328. The molecule has 0 bridgehead atoms. The summed E-state index contributed by atoms with van der Waals surface area (Å²) in [5, 5.41) is 0. The molecule has 20 heavy (non-hydrogen) atoms. The van der Waals surface area contributed by atoms with Crippen molar-refractivity contribution in [2.75, 3.05) is 31.2 Å². The predicted molar refractivity (Wildman–Crippen MR) is 82.3 cm³/mol. The molecule has 0 unspecified atom stereocenters. The summed E-state index contributed by atoms with van der Waals surface area (Å²) in [5.41, 5.74) is 3.84. The number of fused-ring (bicyclic) bond motifs is 1. The number of aldehydes is 1. The molecule has 0 saturated carbocycles. The van der Waals surface area contributed by atoms with E-state index in [-0.39, 0.29) is 0 Å². The SMILES string of the molecule is C1=Nc2ccc(N3CCOCC3)cc2CC1.CCC=O. The van der Waals surface area contributed by atoms with E-state index in [9.17, 15) is 4.79 Å². The number of nitrogens with zero attached hydrogens (tertiary/aromatic N) is 2. The second-order valence-corrected chi connectivity index (χ2v) is 4.84. The van der Waals surface area contributed by atoms with Gasteiger partial charge in [0.15, 0.2) is 0 Å². The van der Waals surface area contributed by atoms with Crippen LogP contribution in [0.1, 0.15) is 25.3 Å². The smallest absolute Gasteiger partial charge is 0.119 e. The summed E-state index contributed by atoms with van der Waals surface area (Å²) in [4.78, 5) is 16.0. The van der Waals surface area contributed by atoms with E-state index < -0.39 is 0 Å². The lowest BCUT2D eigenvalue weighted by molar-refractivity contribution is -0.107. The normalized spacial score (nSPS) is 16.9. The minimum Gasteiger partial charge on any atom is -0.378 e. The van der Waals surface area contributed by atoms with Gasteiger partial charge in [0, 0.05) is 31.4 Å². The lowest BCUT2D eigenvalue weighted by Crippen LogP contribution is -2.36. The molecular formula is C16H22N2O2. The van der Waals surface area contributed by atoms with Gasteiger partial charge >= 0.3 is 0 Å². The molecule has 4 nitrogen and oxygen atoms in total. The van der Waals surface area contributed by atoms with E-state index in [1.807, 2.05) is 13.1 Å². The maximum Gasteiger partial charge on any atom is 0.119 e. The number of aryl methyl sites for hydroxylation is 1. The molecule has 0 atom stereocenters. The maximum atomic E-state index is 9.17. The molecule has 0 aliphatic carbocycles. The number of anilines is 1. The minimum absolute atomic E-state index is 0.639. The van der Waals surface area contributed by atoms with Gasteiger partial charge in [0.25, 0.3) is 0 Å². The van der Waals surface area contributed by atoms with Crippen molar-refractivity contribution >= 4 is 23.9 Å². The van der Waals surface area contributed by atoms with Crippen LogP contribution in [0.15, 0.2) is 23.2 Å². The predicted octanol–water partition coefficient (Wildman–Crippen LogP) is 2.77. The van der Waals surface area contributed by atoms with Crippen LogP contribution in [-0.2, 0) is 16.0 Å². The van der Waals surface area contributed by atoms with Crippen molar-refractivity contribution in [2.24, 2.45) is 4.99 Å². The van der Waals surface area contributed by atoms with Crippen molar-refractivity contribution in [3.05, 3.63) is 23.8 Å². The molecule has 4 heteroatoms.